The van der Waals surface area contributed by atoms with Crippen molar-refractivity contribution in [1.29, 1.82) is 0 Å². The van der Waals surface area contributed by atoms with Crippen LogP contribution >= 0.6 is 0 Å². The van der Waals surface area contributed by atoms with Gasteiger partial charge in [0.2, 0.25) is 0 Å². The van der Waals surface area contributed by atoms with E-state index in [1.807, 2.05) is 7.05 Å². The zero-order valence-electron chi connectivity index (χ0n) is 13.3. The molecule has 1 amide bonds. The minimum atomic E-state index is -0.698. The summed E-state index contributed by atoms with van der Waals surface area (Å²) in [6.45, 7) is 2.40. The maximum absolute atomic E-state index is 13.3. The van der Waals surface area contributed by atoms with Gasteiger partial charge < -0.3 is 15.5 Å². The lowest BCUT2D eigenvalue weighted by Crippen LogP contribution is -2.56. The molecule has 0 spiro atoms. The summed E-state index contributed by atoms with van der Waals surface area (Å²) < 4.78 is 27.9. The van der Waals surface area contributed by atoms with Crippen molar-refractivity contribution in [3.05, 3.63) is 47.8 Å². The Hall–Kier alpha value is -2.32. The molecule has 0 radical (unpaired) electrons. The maximum Gasteiger partial charge on any atom is 0.274 e. The van der Waals surface area contributed by atoms with Crippen molar-refractivity contribution in [2.75, 3.05) is 33.2 Å². The molecule has 3 rings (SSSR count). The summed E-state index contributed by atoms with van der Waals surface area (Å²) in [4.78, 5) is 16.5. The van der Waals surface area contributed by atoms with Gasteiger partial charge in [0, 0.05) is 38.4 Å². The number of nitrogens with two attached hydrogens (primary N) is 1. The van der Waals surface area contributed by atoms with Gasteiger partial charge in [0.1, 0.15) is 11.6 Å². The number of carbonyl (C=O) groups excluding carboxylic acids is 1. The number of likely N-dealkylation sites (N-methyl/N-ethyl adjacent to an activating group) is 1. The van der Waals surface area contributed by atoms with Crippen molar-refractivity contribution in [1.82, 2.24) is 19.6 Å². The van der Waals surface area contributed by atoms with E-state index in [0.29, 0.717) is 19.6 Å². The average molecular weight is 335 g/mol. The summed E-state index contributed by atoms with van der Waals surface area (Å²) in [5.74, 6) is -1.62. The molecular formula is C16H19F2N5O. The Balaban J connectivity index is 1.83. The molecule has 24 heavy (non-hydrogen) atoms. The molecule has 0 saturated carbocycles. The van der Waals surface area contributed by atoms with Crippen molar-refractivity contribution in [3.8, 4) is 5.69 Å². The smallest absolute Gasteiger partial charge is 0.274 e. The molecule has 2 heterocycles. The SMILES string of the molecule is CN1CCN(C(=O)c2ccn(-c3cc(F)cc(F)c3)n2)C(CN)C1. The summed E-state index contributed by atoms with van der Waals surface area (Å²) in [7, 11) is 1.98. The summed E-state index contributed by atoms with van der Waals surface area (Å²) in [5, 5.41) is 4.16. The van der Waals surface area contributed by atoms with Gasteiger partial charge in [-0.3, -0.25) is 4.79 Å². The van der Waals surface area contributed by atoms with Crippen molar-refractivity contribution >= 4 is 5.91 Å². The highest BCUT2D eigenvalue weighted by Gasteiger charge is 2.29. The number of hydrogen-bond donors (Lipinski definition) is 1. The van der Waals surface area contributed by atoms with Crippen molar-refractivity contribution in [2.45, 2.75) is 6.04 Å². The summed E-state index contributed by atoms with van der Waals surface area (Å²) in [6, 6.07) is 4.56. The molecule has 0 bridgehead atoms. The Morgan fingerprint density at radius 2 is 2.00 bits per heavy atom. The number of carbonyl (C=O) groups is 1. The minimum absolute atomic E-state index is 0.0759. The first-order valence-corrected chi connectivity index (χ1v) is 7.69. The molecule has 1 aromatic heterocycles. The lowest BCUT2D eigenvalue weighted by molar-refractivity contribution is 0.0510. The zero-order chi connectivity index (χ0) is 17.3. The van der Waals surface area contributed by atoms with Gasteiger partial charge in [-0.05, 0) is 25.2 Å². The molecule has 8 heteroatoms. The molecule has 1 aliphatic rings. The highest BCUT2D eigenvalue weighted by atomic mass is 19.1. The van der Waals surface area contributed by atoms with Crippen LogP contribution in [0.1, 0.15) is 10.5 Å². The lowest BCUT2D eigenvalue weighted by Gasteiger charge is -2.39. The molecule has 1 saturated heterocycles. The van der Waals surface area contributed by atoms with Gasteiger partial charge in [-0.15, -0.1) is 0 Å². The topological polar surface area (TPSA) is 67.4 Å². The molecule has 2 N–H and O–H groups in total. The third-order valence-electron chi connectivity index (χ3n) is 4.14. The van der Waals surface area contributed by atoms with Crippen LogP contribution < -0.4 is 5.73 Å². The van der Waals surface area contributed by atoms with Gasteiger partial charge in [0.05, 0.1) is 11.7 Å². The Morgan fingerprint density at radius 3 is 2.67 bits per heavy atom. The first-order chi connectivity index (χ1) is 11.5. The Morgan fingerprint density at radius 1 is 1.29 bits per heavy atom. The Kier molecular flexibility index (Phi) is 4.59. The standard InChI is InChI=1S/C16H19F2N5O/c1-21-4-5-22(14(9-19)10-21)16(24)15-2-3-23(20-15)13-7-11(17)6-12(18)8-13/h2-3,6-8,14H,4-5,9-10,19H2,1H3. The van der Waals surface area contributed by atoms with Gasteiger partial charge in [-0.2, -0.15) is 5.10 Å². The fourth-order valence-electron chi connectivity index (χ4n) is 2.88. The quantitative estimate of drug-likeness (QED) is 0.904. The molecule has 0 aliphatic carbocycles. The summed E-state index contributed by atoms with van der Waals surface area (Å²) in [6.07, 6.45) is 1.51. The van der Waals surface area contributed by atoms with E-state index in [1.165, 1.54) is 16.9 Å². The maximum atomic E-state index is 13.3. The molecule has 1 fully saturated rings. The first kappa shape index (κ1) is 16.5. The van der Waals surface area contributed by atoms with Gasteiger partial charge >= 0.3 is 0 Å². The Bertz CT molecular complexity index is 728. The number of amides is 1. The van der Waals surface area contributed by atoms with Crippen LogP contribution in [0.5, 0.6) is 0 Å². The molecular weight excluding hydrogens is 316 g/mol. The predicted molar refractivity (Wildman–Crippen MR) is 84.9 cm³/mol. The van der Waals surface area contributed by atoms with E-state index >= 15 is 0 Å². The molecule has 128 valence electrons. The number of piperazine rings is 1. The van der Waals surface area contributed by atoms with Crippen LogP contribution in [-0.4, -0.2) is 64.8 Å². The predicted octanol–water partition coefficient (Wildman–Crippen LogP) is 0.865. The fourth-order valence-corrected chi connectivity index (χ4v) is 2.88. The molecule has 1 aromatic carbocycles. The zero-order valence-corrected chi connectivity index (χ0v) is 13.3. The van der Waals surface area contributed by atoms with E-state index in [1.54, 1.807) is 4.90 Å². The monoisotopic (exact) mass is 335 g/mol. The number of rotatable bonds is 3. The second-order valence-corrected chi connectivity index (χ2v) is 5.92. The van der Waals surface area contributed by atoms with E-state index in [2.05, 4.69) is 10.00 Å². The lowest BCUT2D eigenvalue weighted by atomic mass is 10.1. The third-order valence-corrected chi connectivity index (χ3v) is 4.14. The van der Waals surface area contributed by atoms with Gasteiger partial charge in [0.25, 0.3) is 5.91 Å². The van der Waals surface area contributed by atoms with Gasteiger partial charge in [-0.1, -0.05) is 0 Å². The molecule has 6 nitrogen and oxygen atoms in total. The number of aromatic nitrogens is 2. The second kappa shape index (κ2) is 6.66. The van der Waals surface area contributed by atoms with Crippen molar-refractivity contribution in [2.24, 2.45) is 5.73 Å². The Labute approximate surface area is 138 Å². The van der Waals surface area contributed by atoms with E-state index in [9.17, 15) is 13.6 Å². The number of benzene rings is 1. The van der Waals surface area contributed by atoms with Crippen molar-refractivity contribution in [3.63, 3.8) is 0 Å². The third kappa shape index (κ3) is 3.29. The van der Waals surface area contributed by atoms with E-state index < -0.39 is 11.6 Å². The summed E-state index contributed by atoms with van der Waals surface area (Å²) >= 11 is 0. The number of halogens is 2. The van der Waals surface area contributed by atoms with Crippen LogP contribution in [-0.2, 0) is 0 Å². The number of hydrogen-bond acceptors (Lipinski definition) is 4. The van der Waals surface area contributed by atoms with Crippen molar-refractivity contribution < 1.29 is 13.6 Å². The van der Waals surface area contributed by atoms with Crippen LogP contribution in [0.3, 0.4) is 0 Å². The highest BCUT2D eigenvalue weighted by molar-refractivity contribution is 5.92. The van der Waals surface area contributed by atoms with Gasteiger partial charge in [-0.25, -0.2) is 13.5 Å². The largest absolute Gasteiger partial charge is 0.330 e. The highest BCUT2D eigenvalue weighted by Crippen LogP contribution is 2.15. The van der Waals surface area contributed by atoms with Crippen LogP contribution in [0.15, 0.2) is 30.5 Å². The van der Waals surface area contributed by atoms with Crippen LogP contribution in [0.4, 0.5) is 8.78 Å². The van der Waals surface area contributed by atoms with E-state index in [-0.39, 0.29) is 23.3 Å². The second-order valence-electron chi connectivity index (χ2n) is 5.92. The normalized spacial score (nSPS) is 18.8. The molecule has 1 aliphatic heterocycles. The van der Waals surface area contributed by atoms with Crippen LogP contribution in [0.25, 0.3) is 5.69 Å². The summed E-state index contributed by atoms with van der Waals surface area (Å²) in [5.41, 5.74) is 6.22. The molecule has 1 unspecified atom stereocenters. The van der Waals surface area contributed by atoms with Crippen LogP contribution in [0, 0.1) is 11.6 Å². The van der Waals surface area contributed by atoms with E-state index in [0.717, 1.165) is 24.7 Å². The fraction of sp³-hybridized carbons (Fsp3) is 0.375. The number of nitrogens with zero attached hydrogens (tertiary/aromatic N) is 4. The molecule has 1 atom stereocenters. The van der Waals surface area contributed by atoms with Gasteiger partial charge in [0.15, 0.2) is 5.69 Å². The van der Waals surface area contributed by atoms with Crippen LogP contribution in [0.2, 0.25) is 0 Å². The molecule has 2 aromatic rings. The first-order valence-electron chi connectivity index (χ1n) is 7.69. The minimum Gasteiger partial charge on any atom is -0.330 e. The average Bonchev–Trinajstić information content (AvgIpc) is 3.03. The van der Waals surface area contributed by atoms with E-state index in [4.69, 9.17) is 5.73 Å².